The van der Waals surface area contributed by atoms with E-state index in [1.807, 2.05) is 18.8 Å². The lowest BCUT2D eigenvalue weighted by Gasteiger charge is -2.14. The smallest absolute Gasteiger partial charge is 0.0638 e. The van der Waals surface area contributed by atoms with Crippen molar-refractivity contribution >= 4 is 0 Å². The Kier molecular flexibility index (Phi) is 3.07. The molecule has 1 aromatic heterocycles. The maximum Gasteiger partial charge on any atom is 0.0638 e. The van der Waals surface area contributed by atoms with E-state index >= 15 is 0 Å². The number of hydrogen-bond donors (Lipinski definition) is 1. The molecule has 15 heavy (non-hydrogen) atoms. The average Bonchev–Trinajstić information content (AvgIpc) is 2.75. The first kappa shape index (κ1) is 10.6. The summed E-state index contributed by atoms with van der Waals surface area (Å²) >= 11 is 0. The summed E-state index contributed by atoms with van der Waals surface area (Å²) in [6.45, 7) is 5.48. The van der Waals surface area contributed by atoms with Crippen molar-refractivity contribution in [3.8, 4) is 0 Å². The molecule has 0 radical (unpaired) electrons. The van der Waals surface area contributed by atoms with Crippen LogP contribution in [0, 0.1) is 6.92 Å². The highest BCUT2D eigenvalue weighted by Gasteiger charge is 2.21. The predicted molar refractivity (Wildman–Crippen MR) is 60.7 cm³/mol. The van der Waals surface area contributed by atoms with Crippen LogP contribution in [0.1, 0.15) is 17.7 Å². The van der Waals surface area contributed by atoms with Gasteiger partial charge in [-0.25, -0.2) is 0 Å². The molecule has 1 unspecified atom stereocenters. The van der Waals surface area contributed by atoms with E-state index in [-0.39, 0.29) is 0 Å². The molecule has 1 aliphatic rings. The number of aryl methyl sites for hydroxylation is 2. The Morgan fingerprint density at radius 3 is 2.93 bits per heavy atom. The van der Waals surface area contributed by atoms with Gasteiger partial charge in [-0.1, -0.05) is 0 Å². The predicted octanol–water partition coefficient (Wildman–Crippen LogP) is 0.522. The molecule has 4 heteroatoms. The number of hydrogen-bond acceptors (Lipinski definition) is 3. The van der Waals surface area contributed by atoms with Gasteiger partial charge in [0.25, 0.3) is 0 Å². The van der Waals surface area contributed by atoms with Crippen LogP contribution < -0.4 is 5.32 Å². The molecular weight excluding hydrogens is 188 g/mol. The first-order valence-electron chi connectivity index (χ1n) is 5.58. The SMILES string of the molecule is CNC1CCN(Cc2cn(C)nc2C)C1. The minimum Gasteiger partial charge on any atom is -0.316 e. The standard InChI is InChI=1S/C11H20N4/c1-9-10(6-14(3)13-9)7-15-5-4-11(8-15)12-2/h6,11-12H,4-5,7-8H2,1-3H3. The number of nitrogens with one attached hydrogen (secondary N) is 1. The summed E-state index contributed by atoms with van der Waals surface area (Å²) in [4.78, 5) is 2.49. The van der Waals surface area contributed by atoms with Crippen LogP contribution >= 0.6 is 0 Å². The van der Waals surface area contributed by atoms with Gasteiger partial charge in [0, 0.05) is 44.5 Å². The Balaban J connectivity index is 1.95. The lowest BCUT2D eigenvalue weighted by molar-refractivity contribution is 0.321. The van der Waals surface area contributed by atoms with E-state index in [4.69, 9.17) is 0 Å². The minimum absolute atomic E-state index is 0.668. The highest BCUT2D eigenvalue weighted by atomic mass is 15.3. The van der Waals surface area contributed by atoms with Gasteiger partial charge in [0.1, 0.15) is 0 Å². The second kappa shape index (κ2) is 4.33. The van der Waals surface area contributed by atoms with Gasteiger partial charge in [-0.3, -0.25) is 9.58 Å². The molecule has 0 spiro atoms. The molecule has 0 bridgehead atoms. The maximum atomic E-state index is 4.37. The van der Waals surface area contributed by atoms with Crippen LogP contribution in [0.3, 0.4) is 0 Å². The van der Waals surface area contributed by atoms with Crippen LogP contribution in [0.25, 0.3) is 0 Å². The number of aromatic nitrogens is 2. The first-order chi connectivity index (χ1) is 7.19. The van der Waals surface area contributed by atoms with Crippen molar-refractivity contribution in [2.45, 2.75) is 25.9 Å². The van der Waals surface area contributed by atoms with Gasteiger partial charge in [-0.2, -0.15) is 5.10 Å². The zero-order valence-corrected chi connectivity index (χ0v) is 9.82. The van der Waals surface area contributed by atoms with Crippen molar-refractivity contribution in [2.24, 2.45) is 7.05 Å². The lowest BCUT2D eigenvalue weighted by Crippen LogP contribution is -2.29. The number of likely N-dealkylation sites (tertiary alicyclic amines) is 1. The van der Waals surface area contributed by atoms with Crippen molar-refractivity contribution in [1.29, 1.82) is 0 Å². The van der Waals surface area contributed by atoms with Gasteiger partial charge in [-0.15, -0.1) is 0 Å². The number of likely N-dealkylation sites (N-methyl/N-ethyl adjacent to an activating group) is 1. The van der Waals surface area contributed by atoms with Crippen LogP contribution in [0.15, 0.2) is 6.20 Å². The molecule has 0 amide bonds. The third-order valence-corrected chi connectivity index (χ3v) is 3.19. The summed E-state index contributed by atoms with van der Waals surface area (Å²) in [7, 11) is 4.03. The quantitative estimate of drug-likeness (QED) is 0.786. The largest absolute Gasteiger partial charge is 0.316 e. The first-order valence-corrected chi connectivity index (χ1v) is 5.58. The molecule has 4 nitrogen and oxygen atoms in total. The fraction of sp³-hybridized carbons (Fsp3) is 0.727. The zero-order chi connectivity index (χ0) is 10.8. The Morgan fingerprint density at radius 1 is 1.60 bits per heavy atom. The van der Waals surface area contributed by atoms with Gasteiger partial charge < -0.3 is 5.32 Å². The van der Waals surface area contributed by atoms with Crippen molar-refractivity contribution in [3.05, 3.63) is 17.5 Å². The van der Waals surface area contributed by atoms with Gasteiger partial charge >= 0.3 is 0 Å². The molecular formula is C11H20N4. The number of rotatable bonds is 3. The van der Waals surface area contributed by atoms with E-state index in [1.54, 1.807) is 0 Å². The monoisotopic (exact) mass is 208 g/mol. The van der Waals surface area contributed by atoms with Crippen molar-refractivity contribution < 1.29 is 0 Å². The normalized spacial score (nSPS) is 22.5. The van der Waals surface area contributed by atoms with E-state index in [1.165, 1.54) is 18.5 Å². The molecule has 0 saturated carbocycles. The molecule has 2 heterocycles. The molecule has 0 aromatic carbocycles. The van der Waals surface area contributed by atoms with E-state index in [9.17, 15) is 0 Å². The maximum absolute atomic E-state index is 4.37. The second-order valence-electron chi connectivity index (χ2n) is 4.42. The highest BCUT2D eigenvalue weighted by Crippen LogP contribution is 2.14. The van der Waals surface area contributed by atoms with Crippen LogP contribution in [0.4, 0.5) is 0 Å². The lowest BCUT2D eigenvalue weighted by atomic mass is 10.2. The van der Waals surface area contributed by atoms with Gasteiger partial charge in [-0.05, 0) is 20.4 Å². The number of nitrogens with zero attached hydrogens (tertiary/aromatic N) is 3. The van der Waals surface area contributed by atoms with Crippen molar-refractivity contribution in [3.63, 3.8) is 0 Å². The van der Waals surface area contributed by atoms with Gasteiger partial charge in [0.2, 0.25) is 0 Å². The summed E-state index contributed by atoms with van der Waals surface area (Å²) in [5, 5.41) is 7.70. The van der Waals surface area contributed by atoms with Crippen LogP contribution in [-0.2, 0) is 13.6 Å². The van der Waals surface area contributed by atoms with Crippen LogP contribution in [0.2, 0.25) is 0 Å². The summed E-state index contributed by atoms with van der Waals surface area (Å²) in [6.07, 6.45) is 3.39. The third-order valence-electron chi connectivity index (χ3n) is 3.19. The molecule has 1 N–H and O–H groups in total. The van der Waals surface area contributed by atoms with E-state index in [2.05, 4.69) is 28.4 Å². The Hall–Kier alpha value is -0.870. The van der Waals surface area contributed by atoms with E-state index in [0.717, 1.165) is 18.8 Å². The molecule has 1 fully saturated rings. The zero-order valence-electron chi connectivity index (χ0n) is 9.82. The summed E-state index contributed by atoms with van der Waals surface area (Å²) < 4.78 is 1.90. The summed E-state index contributed by atoms with van der Waals surface area (Å²) in [5.41, 5.74) is 2.51. The topological polar surface area (TPSA) is 33.1 Å². The summed E-state index contributed by atoms with van der Waals surface area (Å²) in [5.74, 6) is 0. The van der Waals surface area contributed by atoms with Crippen molar-refractivity contribution in [2.75, 3.05) is 20.1 Å². The van der Waals surface area contributed by atoms with E-state index in [0.29, 0.717) is 6.04 Å². The molecule has 1 aromatic rings. The molecule has 2 rings (SSSR count). The molecule has 1 atom stereocenters. The van der Waals surface area contributed by atoms with Gasteiger partial charge in [0.05, 0.1) is 5.69 Å². The molecule has 1 saturated heterocycles. The van der Waals surface area contributed by atoms with E-state index < -0.39 is 0 Å². The Bertz CT molecular complexity index is 331. The summed E-state index contributed by atoms with van der Waals surface area (Å²) in [6, 6.07) is 0.668. The second-order valence-corrected chi connectivity index (χ2v) is 4.42. The Labute approximate surface area is 91.3 Å². The molecule has 0 aliphatic carbocycles. The highest BCUT2D eigenvalue weighted by molar-refractivity contribution is 5.15. The van der Waals surface area contributed by atoms with Gasteiger partial charge in [0.15, 0.2) is 0 Å². The fourth-order valence-corrected chi connectivity index (χ4v) is 2.26. The van der Waals surface area contributed by atoms with Crippen LogP contribution in [0.5, 0.6) is 0 Å². The van der Waals surface area contributed by atoms with Crippen molar-refractivity contribution in [1.82, 2.24) is 20.0 Å². The Morgan fingerprint density at radius 2 is 2.40 bits per heavy atom. The minimum atomic E-state index is 0.668. The third kappa shape index (κ3) is 2.38. The average molecular weight is 208 g/mol. The fourth-order valence-electron chi connectivity index (χ4n) is 2.26. The molecule has 1 aliphatic heterocycles. The van der Waals surface area contributed by atoms with Crippen LogP contribution in [-0.4, -0.2) is 40.9 Å². The molecule has 84 valence electrons.